The van der Waals surface area contributed by atoms with Gasteiger partial charge in [-0.25, -0.2) is 0 Å². The highest BCUT2D eigenvalue weighted by atomic mass is 32.1. The zero-order valence-electron chi connectivity index (χ0n) is 10.3. The number of hydrogen-bond acceptors (Lipinski definition) is 4. The van der Waals surface area contributed by atoms with Gasteiger partial charge in [0, 0.05) is 6.54 Å². The number of nitrogens with zero attached hydrogens (tertiary/aromatic N) is 2. The first-order valence-electron chi connectivity index (χ1n) is 5.88. The van der Waals surface area contributed by atoms with Crippen LogP contribution in [0.2, 0.25) is 0 Å². The molecule has 0 aliphatic carbocycles. The van der Waals surface area contributed by atoms with Crippen LogP contribution in [0.4, 0.5) is 0 Å². The first-order valence-corrected chi connectivity index (χ1v) is 6.82. The lowest BCUT2D eigenvalue weighted by Crippen LogP contribution is -2.32. The van der Waals surface area contributed by atoms with Crippen LogP contribution in [0, 0.1) is 0 Å². The summed E-state index contributed by atoms with van der Waals surface area (Å²) < 4.78 is 0. The Balaban J connectivity index is 1.95. The smallest absolute Gasteiger partial charge is 0.238 e. The first kappa shape index (κ1) is 12.5. The standard InChI is InChI=1S/C12H19N3OS/c1-14(2)5-3-6-15-11(16)8-13-12(15)10-4-7-17-9-10/h4,7,9,12-13H,3,5-6,8H2,1-2H3. The second-order valence-corrected chi connectivity index (χ2v) is 5.36. The number of carbonyl (C=O) groups is 1. The Labute approximate surface area is 106 Å². The Morgan fingerprint density at radius 3 is 3.06 bits per heavy atom. The number of hydrogen-bond donors (Lipinski definition) is 1. The topological polar surface area (TPSA) is 35.6 Å². The van der Waals surface area contributed by atoms with Crippen LogP contribution in [-0.4, -0.2) is 49.4 Å². The van der Waals surface area contributed by atoms with E-state index in [1.54, 1.807) is 11.3 Å². The molecule has 1 saturated heterocycles. The van der Waals surface area contributed by atoms with Gasteiger partial charge in [-0.1, -0.05) is 0 Å². The second kappa shape index (κ2) is 5.62. The van der Waals surface area contributed by atoms with E-state index in [9.17, 15) is 4.79 Å². The summed E-state index contributed by atoms with van der Waals surface area (Å²) in [7, 11) is 4.11. The van der Waals surface area contributed by atoms with E-state index in [-0.39, 0.29) is 12.1 Å². The highest BCUT2D eigenvalue weighted by molar-refractivity contribution is 7.07. The van der Waals surface area contributed by atoms with Gasteiger partial charge < -0.3 is 9.80 Å². The van der Waals surface area contributed by atoms with Crippen molar-refractivity contribution in [2.24, 2.45) is 0 Å². The first-order chi connectivity index (χ1) is 8.18. The van der Waals surface area contributed by atoms with Gasteiger partial charge in [0.15, 0.2) is 0 Å². The van der Waals surface area contributed by atoms with Crippen LogP contribution in [0.3, 0.4) is 0 Å². The number of thiophene rings is 1. The van der Waals surface area contributed by atoms with Crippen molar-refractivity contribution >= 4 is 17.2 Å². The highest BCUT2D eigenvalue weighted by Crippen LogP contribution is 2.24. The van der Waals surface area contributed by atoms with Crippen molar-refractivity contribution in [1.29, 1.82) is 0 Å². The molecule has 4 nitrogen and oxygen atoms in total. The third-order valence-corrected chi connectivity index (χ3v) is 3.64. The van der Waals surface area contributed by atoms with Crippen molar-refractivity contribution in [2.45, 2.75) is 12.6 Å². The Bertz CT molecular complexity index is 364. The van der Waals surface area contributed by atoms with Gasteiger partial charge in [0.2, 0.25) is 5.91 Å². The second-order valence-electron chi connectivity index (χ2n) is 4.58. The normalized spacial score (nSPS) is 20.5. The predicted molar refractivity (Wildman–Crippen MR) is 69.9 cm³/mol. The molecular weight excluding hydrogens is 234 g/mol. The minimum absolute atomic E-state index is 0.0795. The molecule has 94 valence electrons. The molecule has 5 heteroatoms. The van der Waals surface area contributed by atoms with Crippen molar-refractivity contribution in [1.82, 2.24) is 15.1 Å². The van der Waals surface area contributed by atoms with Crippen LogP contribution in [0.1, 0.15) is 18.2 Å². The monoisotopic (exact) mass is 253 g/mol. The molecule has 1 aliphatic rings. The van der Waals surface area contributed by atoms with E-state index in [0.29, 0.717) is 6.54 Å². The Kier molecular flexibility index (Phi) is 4.15. The summed E-state index contributed by atoms with van der Waals surface area (Å²) >= 11 is 1.67. The molecule has 0 saturated carbocycles. The Hall–Kier alpha value is -0.910. The van der Waals surface area contributed by atoms with Gasteiger partial charge in [-0.15, -0.1) is 0 Å². The molecule has 17 heavy (non-hydrogen) atoms. The number of rotatable bonds is 5. The molecule has 2 rings (SSSR count). The molecule has 1 amide bonds. The fraction of sp³-hybridized carbons (Fsp3) is 0.583. The van der Waals surface area contributed by atoms with Gasteiger partial charge in [-0.3, -0.25) is 10.1 Å². The predicted octanol–water partition coefficient (Wildman–Crippen LogP) is 1.13. The summed E-state index contributed by atoms with van der Waals surface area (Å²) in [5, 5.41) is 7.43. The molecule has 1 unspecified atom stereocenters. The Morgan fingerprint density at radius 2 is 2.41 bits per heavy atom. The maximum atomic E-state index is 11.8. The Morgan fingerprint density at radius 1 is 1.59 bits per heavy atom. The molecule has 2 heterocycles. The summed E-state index contributed by atoms with van der Waals surface area (Å²) in [6, 6.07) is 2.08. The highest BCUT2D eigenvalue weighted by Gasteiger charge is 2.30. The molecule has 0 radical (unpaired) electrons. The van der Waals surface area contributed by atoms with Crippen molar-refractivity contribution in [3.8, 4) is 0 Å². The van der Waals surface area contributed by atoms with Gasteiger partial charge in [0.25, 0.3) is 0 Å². The number of nitrogens with one attached hydrogen (secondary N) is 1. The molecule has 1 aromatic rings. The molecular formula is C12H19N3OS. The minimum Gasteiger partial charge on any atom is -0.322 e. The lowest BCUT2D eigenvalue weighted by Gasteiger charge is -2.24. The van der Waals surface area contributed by atoms with Crippen molar-refractivity contribution in [2.75, 3.05) is 33.7 Å². The quantitative estimate of drug-likeness (QED) is 0.854. The lowest BCUT2D eigenvalue weighted by molar-refractivity contribution is -0.128. The third-order valence-electron chi connectivity index (χ3n) is 2.94. The van der Waals surface area contributed by atoms with Crippen molar-refractivity contribution in [3.63, 3.8) is 0 Å². The fourth-order valence-corrected chi connectivity index (χ4v) is 2.76. The van der Waals surface area contributed by atoms with Gasteiger partial charge in [-0.2, -0.15) is 11.3 Å². The van der Waals surface area contributed by atoms with E-state index in [0.717, 1.165) is 19.5 Å². The molecule has 0 aromatic carbocycles. The fourth-order valence-electron chi connectivity index (χ4n) is 2.08. The summed E-state index contributed by atoms with van der Waals surface area (Å²) in [6.07, 6.45) is 1.09. The molecule has 1 aliphatic heterocycles. The van der Waals surface area contributed by atoms with Crippen LogP contribution in [0.15, 0.2) is 16.8 Å². The average Bonchev–Trinajstić information content (AvgIpc) is 2.88. The molecule has 0 bridgehead atoms. The number of carbonyl (C=O) groups excluding carboxylic acids is 1. The van der Waals surface area contributed by atoms with Crippen LogP contribution in [0.5, 0.6) is 0 Å². The minimum atomic E-state index is 0.0795. The summed E-state index contributed by atoms with van der Waals surface area (Å²) in [5.74, 6) is 0.208. The maximum Gasteiger partial charge on any atom is 0.238 e. The average molecular weight is 253 g/mol. The lowest BCUT2D eigenvalue weighted by atomic mass is 10.2. The van der Waals surface area contributed by atoms with Crippen LogP contribution in [0.25, 0.3) is 0 Å². The van der Waals surface area contributed by atoms with Gasteiger partial charge >= 0.3 is 0 Å². The molecule has 1 aromatic heterocycles. The molecule has 1 atom stereocenters. The van der Waals surface area contributed by atoms with Gasteiger partial charge in [0.1, 0.15) is 6.17 Å². The third kappa shape index (κ3) is 3.06. The van der Waals surface area contributed by atoms with Crippen LogP contribution >= 0.6 is 11.3 Å². The van der Waals surface area contributed by atoms with E-state index in [1.165, 1.54) is 5.56 Å². The zero-order chi connectivity index (χ0) is 12.3. The van der Waals surface area contributed by atoms with E-state index in [4.69, 9.17) is 0 Å². The van der Waals surface area contributed by atoms with E-state index in [2.05, 4.69) is 41.1 Å². The van der Waals surface area contributed by atoms with Crippen LogP contribution < -0.4 is 5.32 Å². The molecule has 1 N–H and O–H groups in total. The zero-order valence-corrected chi connectivity index (χ0v) is 11.2. The maximum absolute atomic E-state index is 11.8. The van der Waals surface area contributed by atoms with Crippen molar-refractivity contribution in [3.05, 3.63) is 22.4 Å². The molecule has 0 spiro atoms. The SMILES string of the molecule is CN(C)CCCN1C(=O)CNC1c1ccsc1. The van der Waals surface area contributed by atoms with E-state index in [1.807, 2.05) is 4.90 Å². The van der Waals surface area contributed by atoms with Crippen LogP contribution in [-0.2, 0) is 4.79 Å². The van der Waals surface area contributed by atoms with E-state index < -0.39 is 0 Å². The van der Waals surface area contributed by atoms with Gasteiger partial charge in [0.05, 0.1) is 6.54 Å². The summed E-state index contributed by atoms with van der Waals surface area (Å²) in [4.78, 5) is 15.9. The van der Waals surface area contributed by atoms with E-state index >= 15 is 0 Å². The molecule has 1 fully saturated rings. The summed E-state index contributed by atoms with van der Waals surface area (Å²) in [6.45, 7) is 2.30. The summed E-state index contributed by atoms with van der Waals surface area (Å²) in [5.41, 5.74) is 1.20. The van der Waals surface area contributed by atoms with Gasteiger partial charge in [-0.05, 0) is 49.5 Å². The van der Waals surface area contributed by atoms with Crippen molar-refractivity contribution < 1.29 is 4.79 Å². The largest absolute Gasteiger partial charge is 0.322 e. The number of amides is 1.